The molecule has 0 aliphatic rings. The maximum absolute atomic E-state index is 10.7. The summed E-state index contributed by atoms with van der Waals surface area (Å²) in [5, 5.41) is 14.9. The maximum Gasteiger partial charge on any atom is 0.271 e. The molecule has 1 N–H and O–H groups in total. The van der Waals surface area contributed by atoms with Gasteiger partial charge in [-0.2, -0.15) is 5.10 Å². The Morgan fingerprint density at radius 3 is 2.55 bits per heavy atom. The Kier molecular flexibility index (Phi) is 4.10. The highest BCUT2D eigenvalue weighted by Gasteiger charge is 2.05. The molecule has 2 aromatic rings. The van der Waals surface area contributed by atoms with Crippen molar-refractivity contribution in [1.82, 2.24) is 0 Å². The van der Waals surface area contributed by atoms with Crippen molar-refractivity contribution in [3.63, 3.8) is 0 Å². The minimum atomic E-state index is -0.429. The van der Waals surface area contributed by atoms with Crippen LogP contribution in [-0.2, 0) is 0 Å². The summed E-state index contributed by atoms with van der Waals surface area (Å²) in [5.74, 6) is 0. The zero-order valence-corrected chi connectivity index (χ0v) is 11.3. The van der Waals surface area contributed by atoms with Crippen molar-refractivity contribution in [1.29, 1.82) is 0 Å². The van der Waals surface area contributed by atoms with Crippen LogP contribution < -0.4 is 5.43 Å². The molecule has 0 aromatic heterocycles. The quantitative estimate of drug-likeness (QED) is 0.522. The summed E-state index contributed by atoms with van der Waals surface area (Å²) in [4.78, 5) is 10.3. The molecule has 0 radical (unpaired) electrons. The van der Waals surface area contributed by atoms with Gasteiger partial charge in [0, 0.05) is 12.1 Å². The second-order valence-corrected chi connectivity index (χ2v) is 4.48. The number of nitrogens with zero attached hydrogens (tertiary/aromatic N) is 2. The fourth-order valence-electron chi connectivity index (χ4n) is 1.70. The standard InChI is InChI=1S/C15H15N3O2/c1-11-6-8-13(9-7-11)12(2)16-17-14-4-3-5-15(10-14)18(19)20/h3-10,17H,1-2H3. The summed E-state index contributed by atoms with van der Waals surface area (Å²) < 4.78 is 0. The first-order valence-electron chi connectivity index (χ1n) is 6.18. The van der Waals surface area contributed by atoms with E-state index in [2.05, 4.69) is 10.5 Å². The highest BCUT2D eigenvalue weighted by atomic mass is 16.6. The molecular weight excluding hydrogens is 254 g/mol. The molecule has 102 valence electrons. The van der Waals surface area contributed by atoms with Gasteiger partial charge in [0.05, 0.1) is 16.3 Å². The van der Waals surface area contributed by atoms with E-state index in [9.17, 15) is 10.1 Å². The number of hydrazone groups is 1. The Morgan fingerprint density at radius 1 is 1.20 bits per heavy atom. The zero-order valence-electron chi connectivity index (χ0n) is 11.3. The van der Waals surface area contributed by atoms with E-state index in [1.165, 1.54) is 17.7 Å². The van der Waals surface area contributed by atoms with Crippen LogP contribution >= 0.6 is 0 Å². The third kappa shape index (κ3) is 3.41. The van der Waals surface area contributed by atoms with E-state index in [0.29, 0.717) is 5.69 Å². The van der Waals surface area contributed by atoms with Crippen molar-refractivity contribution in [2.24, 2.45) is 5.10 Å². The molecule has 0 amide bonds. The zero-order chi connectivity index (χ0) is 14.5. The first kappa shape index (κ1) is 13.7. The molecule has 2 aromatic carbocycles. The molecule has 0 atom stereocenters. The molecule has 0 fully saturated rings. The number of rotatable bonds is 4. The van der Waals surface area contributed by atoms with E-state index in [1.807, 2.05) is 38.1 Å². The van der Waals surface area contributed by atoms with Crippen LogP contribution in [0.5, 0.6) is 0 Å². The van der Waals surface area contributed by atoms with E-state index >= 15 is 0 Å². The SMILES string of the molecule is CC(=NNc1cccc([N+](=O)[O-])c1)c1ccc(C)cc1. The molecular formula is C15H15N3O2. The minimum Gasteiger partial charge on any atom is -0.278 e. The van der Waals surface area contributed by atoms with Crippen molar-refractivity contribution in [2.75, 3.05) is 5.43 Å². The highest BCUT2D eigenvalue weighted by molar-refractivity contribution is 5.99. The van der Waals surface area contributed by atoms with E-state index in [0.717, 1.165) is 11.3 Å². The molecule has 0 aliphatic carbocycles. The summed E-state index contributed by atoms with van der Waals surface area (Å²) in [6, 6.07) is 14.3. The fourth-order valence-corrected chi connectivity index (χ4v) is 1.70. The lowest BCUT2D eigenvalue weighted by atomic mass is 10.1. The molecule has 0 saturated carbocycles. The van der Waals surface area contributed by atoms with Gasteiger partial charge >= 0.3 is 0 Å². The average Bonchev–Trinajstić information content (AvgIpc) is 2.46. The molecule has 20 heavy (non-hydrogen) atoms. The molecule has 0 unspecified atom stereocenters. The van der Waals surface area contributed by atoms with Crippen molar-refractivity contribution in [2.45, 2.75) is 13.8 Å². The third-order valence-corrected chi connectivity index (χ3v) is 2.88. The number of hydrogen-bond acceptors (Lipinski definition) is 4. The van der Waals surface area contributed by atoms with Gasteiger partial charge in [-0.3, -0.25) is 15.5 Å². The number of nitrogens with one attached hydrogen (secondary N) is 1. The van der Waals surface area contributed by atoms with Crippen LogP contribution in [-0.4, -0.2) is 10.6 Å². The average molecular weight is 269 g/mol. The smallest absolute Gasteiger partial charge is 0.271 e. The van der Waals surface area contributed by atoms with Crippen molar-refractivity contribution in [3.8, 4) is 0 Å². The lowest BCUT2D eigenvalue weighted by Gasteiger charge is -2.04. The van der Waals surface area contributed by atoms with Crippen LogP contribution in [0.3, 0.4) is 0 Å². The topological polar surface area (TPSA) is 67.5 Å². The first-order valence-corrected chi connectivity index (χ1v) is 6.18. The summed E-state index contributed by atoms with van der Waals surface area (Å²) >= 11 is 0. The lowest BCUT2D eigenvalue weighted by Crippen LogP contribution is -2.00. The minimum absolute atomic E-state index is 0.0400. The number of anilines is 1. The Morgan fingerprint density at radius 2 is 1.90 bits per heavy atom. The summed E-state index contributed by atoms with van der Waals surface area (Å²) in [7, 11) is 0. The predicted molar refractivity (Wildman–Crippen MR) is 80.1 cm³/mol. The molecule has 0 saturated heterocycles. The number of benzene rings is 2. The van der Waals surface area contributed by atoms with Crippen LogP contribution in [0.4, 0.5) is 11.4 Å². The summed E-state index contributed by atoms with van der Waals surface area (Å²) in [6.45, 7) is 3.91. The maximum atomic E-state index is 10.7. The van der Waals surface area contributed by atoms with Gasteiger partial charge < -0.3 is 0 Å². The van der Waals surface area contributed by atoms with Crippen molar-refractivity contribution >= 4 is 17.1 Å². The summed E-state index contributed by atoms with van der Waals surface area (Å²) in [6.07, 6.45) is 0. The van der Waals surface area contributed by atoms with Gasteiger partial charge in [-0.25, -0.2) is 0 Å². The van der Waals surface area contributed by atoms with E-state index in [-0.39, 0.29) is 5.69 Å². The van der Waals surface area contributed by atoms with Gasteiger partial charge in [-0.05, 0) is 25.5 Å². The Balaban J connectivity index is 2.14. The Labute approximate surface area is 117 Å². The molecule has 5 heteroatoms. The molecule has 0 heterocycles. The first-order chi connectivity index (χ1) is 9.56. The van der Waals surface area contributed by atoms with Gasteiger partial charge in [0.2, 0.25) is 0 Å². The van der Waals surface area contributed by atoms with E-state index in [1.54, 1.807) is 12.1 Å². The van der Waals surface area contributed by atoms with Gasteiger partial charge in [0.25, 0.3) is 5.69 Å². The molecule has 0 spiro atoms. The van der Waals surface area contributed by atoms with Gasteiger partial charge in [0.15, 0.2) is 0 Å². The number of hydrogen-bond donors (Lipinski definition) is 1. The van der Waals surface area contributed by atoms with Gasteiger partial charge in [0.1, 0.15) is 0 Å². The van der Waals surface area contributed by atoms with Crippen LogP contribution in [0, 0.1) is 17.0 Å². The number of aryl methyl sites for hydroxylation is 1. The van der Waals surface area contributed by atoms with Crippen LogP contribution in [0.1, 0.15) is 18.1 Å². The van der Waals surface area contributed by atoms with E-state index < -0.39 is 4.92 Å². The second-order valence-electron chi connectivity index (χ2n) is 4.48. The highest BCUT2D eigenvalue weighted by Crippen LogP contribution is 2.17. The molecule has 0 aliphatic heterocycles. The number of nitro groups is 1. The molecule has 0 bridgehead atoms. The number of non-ortho nitro benzene ring substituents is 1. The fraction of sp³-hybridized carbons (Fsp3) is 0.133. The number of nitro benzene ring substituents is 1. The van der Waals surface area contributed by atoms with E-state index in [4.69, 9.17) is 0 Å². The Hall–Kier alpha value is -2.69. The van der Waals surface area contributed by atoms with Gasteiger partial charge in [-0.1, -0.05) is 35.9 Å². The van der Waals surface area contributed by atoms with Gasteiger partial charge in [-0.15, -0.1) is 0 Å². The van der Waals surface area contributed by atoms with Crippen LogP contribution in [0.2, 0.25) is 0 Å². The lowest BCUT2D eigenvalue weighted by molar-refractivity contribution is -0.384. The second kappa shape index (κ2) is 5.97. The summed E-state index contributed by atoms with van der Waals surface area (Å²) in [5.41, 5.74) is 6.48. The predicted octanol–water partition coefficient (Wildman–Crippen LogP) is 3.74. The monoisotopic (exact) mass is 269 g/mol. The van der Waals surface area contributed by atoms with Crippen LogP contribution in [0.15, 0.2) is 53.6 Å². The molecule has 2 rings (SSSR count). The third-order valence-electron chi connectivity index (χ3n) is 2.88. The van der Waals surface area contributed by atoms with Crippen molar-refractivity contribution in [3.05, 3.63) is 69.8 Å². The van der Waals surface area contributed by atoms with Crippen molar-refractivity contribution < 1.29 is 4.92 Å². The largest absolute Gasteiger partial charge is 0.278 e. The Bertz CT molecular complexity index is 648. The normalized spacial score (nSPS) is 11.2. The molecule has 5 nitrogen and oxygen atoms in total. The van der Waals surface area contributed by atoms with Crippen LogP contribution in [0.25, 0.3) is 0 Å².